The molecule has 0 heterocycles. The summed E-state index contributed by atoms with van der Waals surface area (Å²) in [5.41, 5.74) is 4.91. The van der Waals surface area contributed by atoms with E-state index in [-0.39, 0.29) is 12.4 Å². The van der Waals surface area contributed by atoms with Crippen LogP contribution in [0.1, 0.15) is 38.8 Å². The molecule has 0 spiro atoms. The fourth-order valence-corrected chi connectivity index (χ4v) is 4.13. The van der Waals surface area contributed by atoms with Gasteiger partial charge in [-0.25, -0.2) is 4.79 Å². The minimum Gasteiger partial charge on any atom is -0.461 e. The number of methoxy groups -OCH3 is 1. The van der Waals surface area contributed by atoms with E-state index >= 15 is 0 Å². The fraction of sp³-hybridized carbons (Fsp3) is 0.200. The Balaban J connectivity index is 1.66. The van der Waals surface area contributed by atoms with Crippen LogP contribution in [-0.2, 0) is 14.9 Å². The molecule has 4 rings (SSSR count). The Hall–Kier alpha value is -3.24. The Morgan fingerprint density at radius 3 is 1.79 bits per heavy atom. The zero-order valence-electron chi connectivity index (χ0n) is 16.5. The number of esters is 1. The van der Waals surface area contributed by atoms with Gasteiger partial charge < -0.3 is 9.47 Å². The third-order valence-electron chi connectivity index (χ3n) is 5.54. The lowest BCUT2D eigenvalue weighted by atomic mass is 9.79. The smallest absolute Gasteiger partial charge is 0.338 e. The number of carbonyl (C=O) groups is 2. The molecular weight excluding hydrogens is 364 g/mol. The third kappa shape index (κ3) is 3.26. The van der Waals surface area contributed by atoms with E-state index in [1.165, 1.54) is 6.92 Å². The van der Waals surface area contributed by atoms with Crippen LogP contribution in [0.4, 0.5) is 0 Å². The summed E-state index contributed by atoms with van der Waals surface area (Å²) < 4.78 is 11.4. The van der Waals surface area contributed by atoms with E-state index in [4.69, 9.17) is 9.47 Å². The monoisotopic (exact) mass is 386 g/mol. The SMILES string of the molecule is COCC1(COC(=O)c2ccc(C(C)=O)cc2)c2ccccc2-c2ccccc21. The lowest BCUT2D eigenvalue weighted by Crippen LogP contribution is -2.37. The maximum absolute atomic E-state index is 12.7. The number of ether oxygens (including phenoxy) is 2. The molecule has 29 heavy (non-hydrogen) atoms. The van der Waals surface area contributed by atoms with E-state index < -0.39 is 11.4 Å². The Morgan fingerprint density at radius 1 is 0.759 bits per heavy atom. The van der Waals surface area contributed by atoms with E-state index in [9.17, 15) is 9.59 Å². The van der Waals surface area contributed by atoms with E-state index in [2.05, 4.69) is 24.3 Å². The number of Topliss-reactive ketones (excluding diaryl/α,β-unsaturated/α-hetero) is 1. The highest BCUT2D eigenvalue weighted by molar-refractivity contribution is 5.96. The average molecular weight is 386 g/mol. The van der Waals surface area contributed by atoms with E-state index in [0.717, 1.165) is 22.3 Å². The van der Waals surface area contributed by atoms with Crippen molar-refractivity contribution in [3.8, 4) is 11.1 Å². The Kier molecular flexibility index (Phi) is 5.03. The number of carbonyl (C=O) groups excluding carboxylic acids is 2. The maximum Gasteiger partial charge on any atom is 0.338 e. The lowest BCUT2D eigenvalue weighted by Gasteiger charge is -2.30. The van der Waals surface area contributed by atoms with Crippen LogP contribution in [0.15, 0.2) is 72.8 Å². The van der Waals surface area contributed by atoms with E-state index in [0.29, 0.717) is 17.7 Å². The summed E-state index contributed by atoms with van der Waals surface area (Å²) in [6, 6.07) is 22.9. The van der Waals surface area contributed by atoms with Gasteiger partial charge in [0.1, 0.15) is 6.61 Å². The second kappa shape index (κ2) is 7.64. The predicted octanol–water partition coefficient (Wildman–Crippen LogP) is 4.66. The summed E-state index contributed by atoms with van der Waals surface area (Å²) in [5, 5.41) is 0. The normalized spacial score (nSPS) is 13.4. The van der Waals surface area contributed by atoms with Crippen LogP contribution < -0.4 is 0 Å². The van der Waals surface area contributed by atoms with Gasteiger partial charge in [-0.2, -0.15) is 0 Å². The van der Waals surface area contributed by atoms with Crippen LogP contribution in [0.3, 0.4) is 0 Å². The minimum absolute atomic E-state index is 0.0388. The van der Waals surface area contributed by atoms with Crippen molar-refractivity contribution in [3.05, 3.63) is 95.1 Å². The number of hydrogen-bond acceptors (Lipinski definition) is 4. The molecule has 0 N–H and O–H groups in total. The van der Waals surface area contributed by atoms with Gasteiger partial charge in [0.15, 0.2) is 5.78 Å². The van der Waals surface area contributed by atoms with Gasteiger partial charge in [0.2, 0.25) is 0 Å². The molecule has 146 valence electrons. The standard InChI is InChI=1S/C25H22O4/c1-17(26)18-11-13-19(14-12-18)24(27)29-16-25(15-28-2)22-9-5-3-7-20(22)21-8-4-6-10-23(21)25/h3-14H,15-16H2,1-2H3. The summed E-state index contributed by atoms with van der Waals surface area (Å²) >= 11 is 0. The molecule has 3 aromatic rings. The molecule has 1 aliphatic carbocycles. The van der Waals surface area contributed by atoms with Crippen molar-refractivity contribution in [1.29, 1.82) is 0 Å². The lowest BCUT2D eigenvalue weighted by molar-refractivity contribution is 0.0338. The number of hydrogen-bond donors (Lipinski definition) is 0. The van der Waals surface area contributed by atoms with Gasteiger partial charge in [0.25, 0.3) is 0 Å². The summed E-state index contributed by atoms with van der Waals surface area (Å²) in [5.74, 6) is -0.458. The third-order valence-corrected chi connectivity index (χ3v) is 5.54. The van der Waals surface area contributed by atoms with Crippen LogP contribution in [0, 0.1) is 0 Å². The van der Waals surface area contributed by atoms with Crippen molar-refractivity contribution in [2.24, 2.45) is 0 Å². The molecule has 0 bridgehead atoms. The Labute approximate surface area is 170 Å². The highest BCUT2D eigenvalue weighted by Crippen LogP contribution is 2.49. The van der Waals surface area contributed by atoms with Crippen molar-refractivity contribution in [2.45, 2.75) is 12.3 Å². The zero-order chi connectivity index (χ0) is 20.4. The number of benzene rings is 3. The minimum atomic E-state index is -0.559. The largest absolute Gasteiger partial charge is 0.461 e. The highest BCUT2D eigenvalue weighted by atomic mass is 16.5. The maximum atomic E-state index is 12.7. The van der Waals surface area contributed by atoms with Gasteiger partial charge >= 0.3 is 5.97 Å². The predicted molar refractivity (Wildman–Crippen MR) is 111 cm³/mol. The molecule has 4 nitrogen and oxygen atoms in total. The quantitative estimate of drug-likeness (QED) is 0.457. The van der Waals surface area contributed by atoms with Crippen molar-refractivity contribution in [2.75, 3.05) is 20.3 Å². The number of ketones is 1. The summed E-state index contributed by atoms with van der Waals surface area (Å²) in [7, 11) is 1.66. The molecule has 0 unspecified atom stereocenters. The molecule has 3 aromatic carbocycles. The van der Waals surface area contributed by atoms with Crippen LogP contribution in [0.5, 0.6) is 0 Å². The molecule has 0 saturated heterocycles. The summed E-state index contributed by atoms with van der Waals surface area (Å²) in [6.45, 7) is 2.07. The van der Waals surface area contributed by atoms with Crippen molar-refractivity contribution < 1.29 is 19.1 Å². The highest BCUT2D eigenvalue weighted by Gasteiger charge is 2.44. The molecule has 0 amide bonds. The first-order valence-electron chi connectivity index (χ1n) is 9.53. The van der Waals surface area contributed by atoms with Crippen LogP contribution in [-0.4, -0.2) is 32.1 Å². The van der Waals surface area contributed by atoms with Crippen molar-refractivity contribution in [1.82, 2.24) is 0 Å². The van der Waals surface area contributed by atoms with E-state index in [1.54, 1.807) is 31.4 Å². The molecule has 0 aliphatic heterocycles. The molecule has 0 saturated carbocycles. The molecule has 1 aliphatic rings. The first-order chi connectivity index (χ1) is 14.1. The molecule has 0 radical (unpaired) electrons. The molecular formula is C25H22O4. The second-order valence-electron chi connectivity index (χ2n) is 7.32. The van der Waals surface area contributed by atoms with Gasteiger partial charge in [-0.05, 0) is 41.3 Å². The first-order valence-corrected chi connectivity index (χ1v) is 9.53. The first kappa shape index (κ1) is 19.1. The van der Waals surface area contributed by atoms with Crippen LogP contribution in [0.25, 0.3) is 11.1 Å². The van der Waals surface area contributed by atoms with Crippen LogP contribution in [0.2, 0.25) is 0 Å². The molecule has 4 heteroatoms. The summed E-state index contributed by atoms with van der Waals surface area (Å²) in [4.78, 5) is 24.1. The zero-order valence-corrected chi connectivity index (χ0v) is 16.5. The van der Waals surface area contributed by atoms with Crippen LogP contribution >= 0.6 is 0 Å². The van der Waals surface area contributed by atoms with Crippen molar-refractivity contribution in [3.63, 3.8) is 0 Å². The Bertz CT molecular complexity index is 1020. The molecule has 0 fully saturated rings. The van der Waals surface area contributed by atoms with Gasteiger partial charge in [0, 0.05) is 12.7 Å². The topological polar surface area (TPSA) is 52.6 Å². The van der Waals surface area contributed by atoms with Gasteiger partial charge in [-0.3, -0.25) is 4.79 Å². The van der Waals surface area contributed by atoms with Gasteiger partial charge in [-0.1, -0.05) is 60.7 Å². The fourth-order valence-electron chi connectivity index (χ4n) is 4.13. The summed E-state index contributed by atoms with van der Waals surface area (Å²) in [6.07, 6.45) is 0. The second-order valence-corrected chi connectivity index (χ2v) is 7.32. The number of fused-ring (bicyclic) bond motifs is 3. The van der Waals surface area contributed by atoms with Gasteiger partial charge in [0.05, 0.1) is 17.6 Å². The van der Waals surface area contributed by atoms with E-state index in [1.807, 2.05) is 24.3 Å². The average Bonchev–Trinajstić information content (AvgIpc) is 3.03. The molecule has 0 aromatic heterocycles. The van der Waals surface area contributed by atoms with Gasteiger partial charge in [-0.15, -0.1) is 0 Å². The Morgan fingerprint density at radius 2 is 1.28 bits per heavy atom. The number of rotatable bonds is 6. The molecule has 0 atom stereocenters. The van der Waals surface area contributed by atoms with Crippen molar-refractivity contribution >= 4 is 11.8 Å².